The van der Waals surface area contributed by atoms with Crippen LogP contribution in [0.5, 0.6) is 5.75 Å². The van der Waals surface area contributed by atoms with Crippen molar-refractivity contribution in [2.45, 2.75) is 32.8 Å². The van der Waals surface area contributed by atoms with E-state index in [1.54, 1.807) is 0 Å². The minimum Gasteiger partial charge on any atom is -0.488 e. The van der Waals surface area contributed by atoms with Crippen LogP contribution in [0.4, 0.5) is 0 Å². The van der Waals surface area contributed by atoms with Crippen molar-refractivity contribution in [2.75, 3.05) is 6.61 Å². The van der Waals surface area contributed by atoms with Gasteiger partial charge >= 0.3 is 0 Å². The predicted octanol–water partition coefficient (Wildman–Crippen LogP) is 2.40. The topological polar surface area (TPSA) is 29.5 Å². The zero-order valence-corrected chi connectivity index (χ0v) is 9.08. The summed E-state index contributed by atoms with van der Waals surface area (Å²) < 4.78 is 5.67. The first-order chi connectivity index (χ1) is 6.51. The lowest BCUT2D eigenvalue weighted by Crippen LogP contribution is -2.22. The molecule has 0 spiro atoms. The van der Waals surface area contributed by atoms with E-state index >= 15 is 0 Å². The fraction of sp³-hybridized carbons (Fsp3) is 0.500. The highest BCUT2D eigenvalue weighted by Crippen LogP contribution is 2.18. The number of hydrogen-bond acceptors (Lipinski definition) is 2. The quantitative estimate of drug-likeness (QED) is 0.800. The number of aliphatic hydroxyl groups excluding tert-OH is 1. The second kappa shape index (κ2) is 4.47. The monoisotopic (exact) mass is 194 g/mol. The third kappa shape index (κ3) is 3.79. The minimum atomic E-state index is -0.154. The van der Waals surface area contributed by atoms with Crippen molar-refractivity contribution in [3.63, 3.8) is 0 Å². The molecule has 2 nitrogen and oxygen atoms in total. The summed E-state index contributed by atoms with van der Waals surface area (Å²) in [7, 11) is 0. The molecule has 0 saturated heterocycles. The molecule has 0 fully saturated rings. The van der Waals surface area contributed by atoms with Crippen molar-refractivity contribution in [3.8, 4) is 5.75 Å². The Morgan fingerprint density at radius 2 is 1.71 bits per heavy atom. The van der Waals surface area contributed by atoms with Crippen molar-refractivity contribution in [3.05, 3.63) is 29.8 Å². The van der Waals surface area contributed by atoms with E-state index in [2.05, 4.69) is 0 Å². The Hall–Kier alpha value is -1.02. The van der Waals surface area contributed by atoms with Gasteiger partial charge in [-0.1, -0.05) is 12.1 Å². The number of aliphatic hydroxyl groups is 1. The predicted molar refractivity (Wildman–Crippen MR) is 57.6 cm³/mol. The second-order valence-corrected chi connectivity index (χ2v) is 4.33. The number of ether oxygens (including phenoxy) is 1. The number of rotatable bonds is 3. The van der Waals surface area contributed by atoms with E-state index in [0.29, 0.717) is 6.42 Å². The summed E-state index contributed by atoms with van der Waals surface area (Å²) in [5.74, 6) is 0.874. The molecule has 1 aromatic rings. The first-order valence-electron chi connectivity index (χ1n) is 4.90. The van der Waals surface area contributed by atoms with E-state index in [-0.39, 0.29) is 12.2 Å². The lowest BCUT2D eigenvalue weighted by molar-refractivity contribution is 0.131. The minimum absolute atomic E-state index is 0.154. The van der Waals surface area contributed by atoms with Crippen molar-refractivity contribution in [1.82, 2.24) is 0 Å². The van der Waals surface area contributed by atoms with Gasteiger partial charge in [0.05, 0.1) is 0 Å². The molecule has 0 bridgehead atoms. The Bertz CT molecular complexity index is 269. The number of hydrogen-bond donors (Lipinski definition) is 1. The van der Waals surface area contributed by atoms with Gasteiger partial charge in [-0.15, -0.1) is 0 Å². The molecule has 0 radical (unpaired) electrons. The van der Waals surface area contributed by atoms with Crippen LogP contribution in [0.2, 0.25) is 0 Å². The van der Waals surface area contributed by atoms with E-state index in [9.17, 15) is 0 Å². The standard InChI is InChI=1S/C12H18O2/c1-12(2,3)14-11-6-4-10(5-7-11)8-9-13/h4-7,13H,8-9H2,1-3H3. The van der Waals surface area contributed by atoms with Crippen molar-refractivity contribution in [1.29, 1.82) is 0 Å². The Kier molecular flexibility index (Phi) is 3.53. The Morgan fingerprint density at radius 3 is 2.14 bits per heavy atom. The maximum atomic E-state index is 8.74. The van der Waals surface area contributed by atoms with Crippen molar-refractivity contribution < 1.29 is 9.84 Å². The molecule has 0 aliphatic heterocycles. The van der Waals surface area contributed by atoms with Gasteiger partial charge < -0.3 is 9.84 Å². The highest BCUT2D eigenvalue weighted by molar-refractivity contribution is 5.27. The summed E-state index contributed by atoms with van der Waals surface area (Å²) in [5.41, 5.74) is 0.979. The van der Waals surface area contributed by atoms with Crippen LogP contribution in [0.3, 0.4) is 0 Å². The molecule has 0 unspecified atom stereocenters. The van der Waals surface area contributed by atoms with Crippen LogP contribution in [-0.2, 0) is 6.42 Å². The molecule has 14 heavy (non-hydrogen) atoms. The van der Waals surface area contributed by atoms with Gasteiger partial charge in [0.25, 0.3) is 0 Å². The fourth-order valence-electron chi connectivity index (χ4n) is 1.21. The molecule has 0 atom stereocenters. The smallest absolute Gasteiger partial charge is 0.120 e. The van der Waals surface area contributed by atoms with Crippen molar-refractivity contribution >= 4 is 0 Å². The van der Waals surface area contributed by atoms with Crippen LogP contribution in [0.1, 0.15) is 26.3 Å². The second-order valence-electron chi connectivity index (χ2n) is 4.33. The summed E-state index contributed by atoms with van der Waals surface area (Å²) in [5, 5.41) is 8.74. The van der Waals surface area contributed by atoms with Crippen LogP contribution < -0.4 is 4.74 Å². The summed E-state index contributed by atoms with van der Waals surface area (Å²) in [6.07, 6.45) is 0.704. The maximum absolute atomic E-state index is 8.74. The molecular formula is C12H18O2. The molecule has 1 aromatic carbocycles. The highest BCUT2D eigenvalue weighted by Gasteiger charge is 2.10. The van der Waals surface area contributed by atoms with Gasteiger partial charge in [0.2, 0.25) is 0 Å². The molecule has 78 valence electrons. The van der Waals surface area contributed by atoms with Gasteiger partial charge in [-0.2, -0.15) is 0 Å². The molecule has 0 aromatic heterocycles. The lowest BCUT2D eigenvalue weighted by atomic mass is 10.1. The van der Waals surface area contributed by atoms with Crippen LogP contribution in [0.15, 0.2) is 24.3 Å². The van der Waals surface area contributed by atoms with Gasteiger partial charge in [-0.25, -0.2) is 0 Å². The van der Waals surface area contributed by atoms with Gasteiger partial charge in [-0.05, 0) is 44.9 Å². The highest BCUT2D eigenvalue weighted by atomic mass is 16.5. The van der Waals surface area contributed by atoms with E-state index in [1.807, 2.05) is 45.0 Å². The van der Waals surface area contributed by atoms with E-state index in [1.165, 1.54) is 0 Å². The molecular weight excluding hydrogens is 176 g/mol. The van der Waals surface area contributed by atoms with Crippen LogP contribution >= 0.6 is 0 Å². The average molecular weight is 194 g/mol. The molecule has 1 rings (SSSR count). The Morgan fingerprint density at radius 1 is 1.14 bits per heavy atom. The Balaban J connectivity index is 2.64. The van der Waals surface area contributed by atoms with Gasteiger partial charge in [-0.3, -0.25) is 0 Å². The summed E-state index contributed by atoms with van der Waals surface area (Å²) in [6, 6.07) is 7.85. The SMILES string of the molecule is CC(C)(C)Oc1ccc(CCO)cc1. The summed E-state index contributed by atoms with van der Waals surface area (Å²) in [4.78, 5) is 0. The summed E-state index contributed by atoms with van der Waals surface area (Å²) >= 11 is 0. The third-order valence-corrected chi connectivity index (χ3v) is 1.75. The van der Waals surface area contributed by atoms with E-state index in [4.69, 9.17) is 9.84 Å². The number of benzene rings is 1. The van der Waals surface area contributed by atoms with E-state index < -0.39 is 0 Å². The molecule has 0 amide bonds. The van der Waals surface area contributed by atoms with Crippen molar-refractivity contribution in [2.24, 2.45) is 0 Å². The average Bonchev–Trinajstić information content (AvgIpc) is 2.06. The van der Waals surface area contributed by atoms with Gasteiger partial charge in [0.15, 0.2) is 0 Å². The molecule has 0 heterocycles. The van der Waals surface area contributed by atoms with Gasteiger partial charge in [0, 0.05) is 6.61 Å². The Labute approximate surface area is 85.5 Å². The van der Waals surface area contributed by atoms with E-state index in [0.717, 1.165) is 11.3 Å². The molecule has 0 aliphatic carbocycles. The normalized spacial score (nSPS) is 11.4. The fourth-order valence-corrected chi connectivity index (χ4v) is 1.21. The van der Waals surface area contributed by atoms with Crippen LogP contribution in [0, 0.1) is 0 Å². The lowest BCUT2D eigenvalue weighted by Gasteiger charge is -2.21. The first kappa shape index (κ1) is 11.1. The zero-order chi connectivity index (χ0) is 10.6. The zero-order valence-electron chi connectivity index (χ0n) is 9.08. The van der Waals surface area contributed by atoms with Crippen LogP contribution in [-0.4, -0.2) is 17.3 Å². The van der Waals surface area contributed by atoms with Gasteiger partial charge in [0.1, 0.15) is 11.4 Å². The molecule has 1 N–H and O–H groups in total. The maximum Gasteiger partial charge on any atom is 0.120 e. The largest absolute Gasteiger partial charge is 0.488 e. The summed E-state index contributed by atoms with van der Waals surface area (Å²) in [6.45, 7) is 6.26. The molecule has 0 aliphatic rings. The third-order valence-electron chi connectivity index (χ3n) is 1.75. The molecule has 2 heteroatoms. The molecule has 0 saturated carbocycles. The first-order valence-corrected chi connectivity index (χ1v) is 4.90. The van der Waals surface area contributed by atoms with Crippen LogP contribution in [0.25, 0.3) is 0 Å².